The van der Waals surface area contributed by atoms with Gasteiger partial charge in [-0.1, -0.05) is 23.8 Å². The summed E-state index contributed by atoms with van der Waals surface area (Å²) >= 11 is 0. The molecule has 3 aromatic rings. The molecule has 31 heavy (non-hydrogen) atoms. The van der Waals surface area contributed by atoms with Crippen LogP contribution in [0.25, 0.3) is 11.5 Å². The highest BCUT2D eigenvalue weighted by atomic mass is 16.5. The van der Waals surface area contributed by atoms with E-state index in [-0.39, 0.29) is 0 Å². The average Bonchev–Trinajstić information content (AvgIpc) is 3.25. The lowest BCUT2D eigenvalue weighted by Crippen LogP contribution is -2.36. The number of guanidine groups is 1. The zero-order valence-electron chi connectivity index (χ0n) is 18.6. The van der Waals surface area contributed by atoms with Crippen LogP contribution in [-0.2, 0) is 13.1 Å². The first-order valence-corrected chi connectivity index (χ1v) is 10.5. The van der Waals surface area contributed by atoms with E-state index in [2.05, 4.69) is 27.5 Å². The Hall–Kier alpha value is -3.48. The zero-order chi connectivity index (χ0) is 22.1. The number of benzene rings is 2. The number of aliphatic imine (C=N–C) groups is 1. The highest BCUT2D eigenvalue weighted by Gasteiger charge is 2.08. The molecule has 7 heteroatoms. The third-order valence-corrected chi connectivity index (χ3v) is 4.58. The van der Waals surface area contributed by atoms with E-state index >= 15 is 0 Å². The minimum absolute atomic E-state index is 0.507. The van der Waals surface area contributed by atoms with E-state index in [4.69, 9.17) is 13.9 Å². The number of aryl methyl sites for hydroxylation is 1. The van der Waals surface area contributed by atoms with Crippen LogP contribution in [-0.4, -0.2) is 31.2 Å². The molecule has 1 aromatic heterocycles. The largest absolute Gasteiger partial charge is 0.493 e. The van der Waals surface area contributed by atoms with Crippen LogP contribution < -0.4 is 20.1 Å². The molecular formula is C24H30N4O3. The first-order valence-electron chi connectivity index (χ1n) is 10.5. The van der Waals surface area contributed by atoms with Crippen molar-refractivity contribution >= 4 is 5.96 Å². The Labute approximate surface area is 183 Å². The molecule has 0 aliphatic heterocycles. The summed E-state index contributed by atoms with van der Waals surface area (Å²) < 4.78 is 16.6. The van der Waals surface area contributed by atoms with Crippen LogP contribution in [0.2, 0.25) is 0 Å². The third-order valence-electron chi connectivity index (χ3n) is 4.58. The van der Waals surface area contributed by atoms with Crippen LogP contribution >= 0.6 is 0 Å². The Bertz CT molecular complexity index is 996. The Morgan fingerprint density at radius 1 is 1.06 bits per heavy atom. The molecule has 0 amide bonds. The Kier molecular flexibility index (Phi) is 7.92. The van der Waals surface area contributed by atoms with Crippen molar-refractivity contribution < 1.29 is 13.9 Å². The van der Waals surface area contributed by atoms with Crippen LogP contribution in [0.4, 0.5) is 0 Å². The average molecular weight is 423 g/mol. The maximum absolute atomic E-state index is 5.65. The van der Waals surface area contributed by atoms with E-state index in [0.717, 1.165) is 34.9 Å². The van der Waals surface area contributed by atoms with E-state index < -0.39 is 0 Å². The molecule has 0 atom stereocenters. The van der Waals surface area contributed by atoms with Crippen molar-refractivity contribution in [2.24, 2.45) is 4.99 Å². The first-order chi connectivity index (χ1) is 15.1. The number of oxazole rings is 1. The summed E-state index contributed by atoms with van der Waals surface area (Å²) in [5, 5.41) is 6.56. The molecule has 0 fully saturated rings. The fourth-order valence-electron chi connectivity index (χ4n) is 2.99. The number of aromatic nitrogens is 1. The number of hydrogen-bond donors (Lipinski definition) is 2. The molecule has 0 bridgehead atoms. The molecule has 0 aliphatic rings. The van der Waals surface area contributed by atoms with Crippen molar-refractivity contribution in [1.29, 1.82) is 0 Å². The second-order valence-corrected chi connectivity index (χ2v) is 6.98. The Balaban J connectivity index is 1.64. The Morgan fingerprint density at radius 3 is 2.58 bits per heavy atom. The van der Waals surface area contributed by atoms with Crippen LogP contribution in [0.3, 0.4) is 0 Å². The molecule has 164 valence electrons. The molecule has 0 saturated heterocycles. The molecular weight excluding hydrogens is 392 g/mol. The van der Waals surface area contributed by atoms with Crippen LogP contribution in [0, 0.1) is 6.92 Å². The van der Waals surface area contributed by atoms with Gasteiger partial charge in [0, 0.05) is 12.1 Å². The van der Waals surface area contributed by atoms with Crippen molar-refractivity contribution in [2.45, 2.75) is 33.9 Å². The summed E-state index contributed by atoms with van der Waals surface area (Å²) in [5.74, 6) is 2.76. The van der Waals surface area contributed by atoms with Gasteiger partial charge >= 0.3 is 0 Å². The smallest absolute Gasteiger partial charge is 0.226 e. The van der Waals surface area contributed by atoms with Crippen LogP contribution in [0.5, 0.6) is 11.5 Å². The monoisotopic (exact) mass is 422 g/mol. The van der Waals surface area contributed by atoms with Gasteiger partial charge in [-0.05, 0) is 50.6 Å². The maximum Gasteiger partial charge on any atom is 0.226 e. The summed E-state index contributed by atoms with van der Waals surface area (Å²) in [6.07, 6.45) is 1.67. The van der Waals surface area contributed by atoms with Crippen molar-refractivity contribution in [3.8, 4) is 23.0 Å². The summed E-state index contributed by atoms with van der Waals surface area (Å²) in [6.45, 7) is 8.39. The molecule has 3 rings (SSSR count). The first kappa shape index (κ1) is 22.2. The minimum atomic E-state index is 0.507. The van der Waals surface area contributed by atoms with Crippen LogP contribution in [0.1, 0.15) is 30.7 Å². The van der Waals surface area contributed by atoms with Gasteiger partial charge in [-0.25, -0.2) is 9.98 Å². The van der Waals surface area contributed by atoms with Gasteiger partial charge in [-0.3, -0.25) is 0 Å². The lowest BCUT2D eigenvalue weighted by molar-refractivity contribution is 0.310. The van der Waals surface area contributed by atoms with E-state index in [1.165, 1.54) is 5.56 Å². The summed E-state index contributed by atoms with van der Waals surface area (Å²) in [5.41, 5.74) is 4.00. The fourth-order valence-corrected chi connectivity index (χ4v) is 2.99. The number of nitrogens with zero attached hydrogens (tertiary/aromatic N) is 2. The minimum Gasteiger partial charge on any atom is -0.493 e. The number of hydrogen-bond acceptors (Lipinski definition) is 5. The van der Waals surface area contributed by atoms with Gasteiger partial charge in [0.15, 0.2) is 17.5 Å². The predicted octanol–water partition coefficient (Wildman–Crippen LogP) is 4.31. The van der Waals surface area contributed by atoms with Gasteiger partial charge in [0.2, 0.25) is 5.89 Å². The standard InChI is InChI=1S/C24H30N4O3/c1-5-25-24(26-14-18-9-12-21(29-4)22(13-18)30-6-2)27-15-20-16-31-23(28-20)19-10-7-17(3)8-11-19/h7-13,16H,5-6,14-15H2,1-4H3,(H2,25,26,27). The molecule has 2 aromatic carbocycles. The number of nitrogens with one attached hydrogen (secondary N) is 2. The molecule has 7 nitrogen and oxygen atoms in total. The summed E-state index contributed by atoms with van der Waals surface area (Å²) in [4.78, 5) is 9.24. The van der Waals surface area contributed by atoms with Gasteiger partial charge in [0.05, 0.1) is 32.5 Å². The Morgan fingerprint density at radius 2 is 1.87 bits per heavy atom. The van der Waals surface area contributed by atoms with Gasteiger partial charge in [0.25, 0.3) is 0 Å². The molecule has 0 aliphatic carbocycles. The van der Waals surface area contributed by atoms with Gasteiger partial charge < -0.3 is 24.5 Å². The second-order valence-electron chi connectivity index (χ2n) is 6.98. The van der Waals surface area contributed by atoms with Crippen molar-refractivity contribution in [1.82, 2.24) is 15.6 Å². The summed E-state index contributed by atoms with van der Waals surface area (Å²) in [6, 6.07) is 14.0. The lowest BCUT2D eigenvalue weighted by atomic mass is 10.1. The highest BCUT2D eigenvalue weighted by Crippen LogP contribution is 2.28. The quantitative estimate of drug-likeness (QED) is 0.395. The van der Waals surface area contributed by atoms with Crippen molar-refractivity contribution in [2.75, 3.05) is 20.3 Å². The zero-order valence-corrected chi connectivity index (χ0v) is 18.6. The molecule has 0 radical (unpaired) electrons. The van der Waals surface area contributed by atoms with E-state index in [1.807, 2.05) is 56.3 Å². The molecule has 0 saturated carbocycles. The van der Waals surface area contributed by atoms with Crippen molar-refractivity contribution in [3.63, 3.8) is 0 Å². The molecule has 1 heterocycles. The van der Waals surface area contributed by atoms with Crippen LogP contribution in [0.15, 0.2) is 58.1 Å². The lowest BCUT2D eigenvalue weighted by Gasteiger charge is -2.12. The third kappa shape index (κ3) is 6.25. The van der Waals surface area contributed by atoms with Gasteiger partial charge in [-0.2, -0.15) is 0 Å². The van der Waals surface area contributed by atoms with Gasteiger partial charge in [0.1, 0.15) is 6.26 Å². The predicted molar refractivity (Wildman–Crippen MR) is 122 cm³/mol. The number of ether oxygens (including phenoxy) is 2. The molecule has 0 spiro atoms. The maximum atomic E-state index is 5.65. The highest BCUT2D eigenvalue weighted by molar-refractivity contribution is 5.79. The van der Waals surface area contributed by atoms with E-state index in [1.54, 1.807) is 13.4 Å². The number of rotatable bonds is 9. The SMILES string of the molecule is CCNC(=NCc1ccc(OC)c(OCC)c1)NCc1coc(-c2ccc(C)cc2)n1. The molecule has 2 N–H and O–H groups in total. The van der Waals surface area contributed by atoms with Gasteiger partial charge in [-0.15, -0.1) is 0 Å². The van der Waals surface area contributed by atoms with E-state index in [0.29, 0.717) is 31.5 Å². The normalized spacial score (nSPS) is 11.3. The second kappa shape index (κ2) is 11.1. The fraction of sp³-hybridized carbons (Fsp3) is 0.333. The topological polar surface area (TPSA) is 80.9 Å². The van der Waals surface area contributed by atoms with E-state index in [9.17, 15) is 0 Å². The molecule has 0 unspecified atom stereocenters. The van der Waals surface area contributed by atoms with Crippen molar-refractivity contribution in [3.05, 3.63) is 65.5 Å². The summed E-state index contributed by atoms with van der Waals surface area (Å²) in [7, 11) is 1.64. The number of methoxy groups -OCH3 is 1.